The van der Waals surface area contributed by atoms with E-state index in [1.54, 1.807) is 6.07 Å². The molecule has 1 aliphatic carbocycles. The molecule has 0 saturated heterocycles. The Morgan fingerprint density at radius 3 is 2.56 bits per heavy atom. The number of carbonyl (C=O) groups is 1. The summed E-state index contributed by atoms with van der Waals surface area (Å²) in [5.41, 5.74) is 1.88. The first-order chi connectivity index (χ1) is 16.3. The number of rotatable bonds is 9. The number of hydrogen-bond acceptors (Lipinski definition) is 4. The van der Waals surface area contributed by atoms with Crippen LogP contribution < -0.4 is 15.6 Å². The monoisotopic (exact) mass is 469 g/mol. The van der Waals surface area contributed by atoms with Gasteiger partial charge in [-0.15, -0.1) is 0 Å². The van der Waals surface area contributed by atoms with Crippen LogP contribution in [0, 0.1) is 17.0 Å². The third-order valence-electron chi connectivity index (χ3n) is 5.82. The van der Waals surface area contributed by atoms with E-state index in [2.05, 4.69) is 29.1 Å². The van der Waals surface area contributed by atoms with Gasteiger partial charge in [0.05, 0.1) is 6.20 Å². The first kappa shape index (κ1) is 25.1. The lowest BCUT2D eigenvalue weighted by Crippen LogP contribution is -2.09. The zero-order chi connectivity index (χ0) is 24.6. The van der Waals surface area contributed by atoms with E-state index in [9.17, 15) is 18.4 Å². The van der Waals surface area contributed by atoms with Gasteiger partial charge in [-0.1, -0.05) is 26.3 Å². The summed E-state index contributed by atoms with van der Waals surface area (Å²) in [5.74, 6) is -0.342. The molecule has 1 atom stereocenters. The minimum Gasteiger partial charge on any atom is -0.453 e. The molecule has 6 nitrogen and oxygen atoms in total. The molecule has 1 aliphatic rings. The van der Waals surface area contributed by atoms with Crippen LogP contribution in [0.25, 0.3) is 0 Å². The van der Waals surface area contributed by atoms with Crippen molar-refractivity contribution < 1.29 is 18.3 Å². The molecule has 0 spiro atoms. The number of H-pyrrole nitrogens is 1. The Balaban J connectivity index is 0.000000192. The van der Waals surface area contributed by atoms with Crippen molar-refractivity contribution in [2.75, 3.05) is 5.32 Å². The Hall–Kier alpha value is -3.55. The highest BCUT2D eigenvalue weighted by atomic mass is 19.1. The quantitative estimate of drug-likeness (QED) is 0.367. The van der Waals surface area contributed by atoms with Gasteiger partial charge in [-0.3, -0.25) is 9.59 Å². The summed E-state index contributed by atoms with van der Waals surface area (Å²) in [7, 11) is 0. The highest BCUT2D eigenvalue weighted by Crippen LogP contribution is 2.52. The van der Waals surface area contributed by atoms with Crippen LogP contribution in [0.5, 0.6) is 11.5 Å². The highest BCUT2D eigenvalue weighted by Gasteiger charge is 2.39. The number of aromatic amines is 1. The normalized spacial score (nSPS) is 14.4. The van der Waals surface area contributed by atoms with E-state index in [-0.39, 0.29) is 17.1 Å². The van der Waals surface area contributed by atoms with Crippen LogP contribution in [-0.4, -0.2) is 16.4 Å². The summed E-state index contributed by atoms with van der Waals surface area (Å²) >= 11 is 0. The van der Waals surface area contributed by atoms with Gasteiger partial charge in [0, 0.05) is 18.3 Å². The molecule has 0 bridgehead atoms. The standard InChI is InChI=1S/C14H21NO.C12H8F2N2O2/c1-3-4-11(9-14(2)7-8-14)12-5-6-13(16)15-10-12;13-8-1-3-11(10(14)5-8)18-9-2-4-12(15-6-9)16-7-17/h5-6,10-11H,3-4,7-9H2,1-2H3,(H,15,16);1-7H,(H,15,16,17). The fraction of sp³-hybridized carbons (Fsp3) is 0.346. The van der Waals surface area contributed by atoms with Gasteiger partial charge in [0.25, 0.3) is 0 Å². The zero-order valence-corrected chi connectivity index (χ0v) is 19.3. The molecule has 2 heterocycles. The number of anilines is 1. The Morgan fingerprint density at radius 2 is 2.00 bits per heavy atom. The molecular weight excluding hydrogens is 440 g/mol. The fourth-order valence-corrected chi connectivity index (χ4v) is 3.70. The van der Waals surface area contributed by atoms with Crippen molar-refractivity contribution in [2.45, 2.75) is 51.9 Å². The minimum atomic E-state index is -0.801. The van der Waals surface area contributed by atoms with Gasteiger partial charge in [0.2, 0.25) is 12.0 Å². The van der Waals surface area contributed by atoms with Crippen LogP contribution >= 0.6 is 0 Å². The van der Waals surface area contributed by atoms with Gasteiger partial charge >= 0.3 is 0 Å². The molecule has 4 rings (SSSR count). The molecule has 34 heavy (non-hydrogen) atoms. The lowest BCUT2D eigenvalue weighted by Gasteiger charge is -2.20. The number of ether oxygens (including phenoxy) is 1. The summed E-state index contributed by atoms with van der Waals surface area (Å²) in [6.45, 7) is 4.61. The van der Waals surface area contributed by atoms with E-state index >= 15 is 0 Å². The maximum atomic E-state index is 13.3. The van der Waals surface area contributed by atoms with Crippen molar-refractivity contribution in [1.82, 2.24) is 9.97 Å². The van der Waals surface area contributed by atoms with E-state index in [0.29, 0.717) is 23.6 Å². The predicted octanol–water partition coefficient (Wildman–Crippen LogP) is 6.17. The highest BCUT2D eigenvalue weighted by molar-refractivity contribution is 5.68. The van der Waals surface area contributed by atoms with E-state index in [0.717, 1.165) is 12.1 Å². The summed E-state index contributed by atoms with van der Waals surface area (Å²) in [5, 5.41) is 2.35. The lowest BCUT2D eigenvalue weighted by atomic mass is 9.85. The number of halogens is 2. The van der Waals surface area contributed by atoms with E-state index in [1.807, 2.05) is 12.3 Å². The van der Waals surface area contributed by atoms with Gasteiger partial charge in [-0.25, -0.2) is 13.8 Å². The molecule has 8 heteroatoms. The summed E-state index contributed by atoms with van der Waals surface area (Å²) in [6, 6.07) is 9.63. The lowest BCUT2D eigenvalue weighted by molar-refractivity contribution is -0.105. The Kier molecular flexibility index (Phi) is 8.51. The van der Waals surface area contributed by atoms with Crippen LogP contribution in [0.3, 0.4) is 0 Å². The third kappa shape index (κ3) is 7.50. The minimum absolute atomic E-state index is 0.00312. The molecule has 180 valence electrons. The second-order valence-corrected chi connectivity index (χ2v) is 8.80. The number of hydrogen-bond donors (Lipinski definition) is 2. The van der Waals surface area contributed by atoms with E-state index in [1.165, 1.54) is 62.1 Å². The van der Waals surface area contributed by atoms with Gasteiger partial charge in [0.15, 0.2) is 11.6 Å². The Labute approximate surface area is 197 Å². The zero-order valence-electron chi connectivity index (χ0n) is 19.3. The van der Waals surface area contributed by atoms with E-state index in [4.69, 9.17) is 4.74 Å². The van der Waals surface area contributed by atoms with Crippen molar-refractivity contribution in [3.63, 3.8) is 0 Å². The first-order valence-corrected chi connectivity index (χ1v) is 11.3. The predicted molar refractivity (Wildman–Crippen MR) is 127 cm³/mol. The van der Waals surface area contributed by atoms with Gasteiger partial charge in [-0.05, 0) is 66.8 Å². The fourth-order valence-electron chi connectivity index (χ4n) is 3.70. The molecule has 1 saturated carbocycles. The van der Waals surface area contributed by atoms with Crippen LogP contribution in [0.15, 0.2) is 59.7 Å². The molecule has 2 aromatic heterocycles. The van der Waals surface area contributed by atoms with Crippen molar-refractivity contribution in [3.05, 3.63) is 82.4 Å². The number of amides is 1. The summed E-state index contributed by atoms with van der Waals surface area (Å²) in [6.07, 6.45) is 10.1. The third-order valence-corrected chi connectivity index (χ3v) is 5.82. The van der Waals surface area contributed by atoms with Crippen molar-refractivity contribution in [2.24, 2.45) is 5.41 Å². The topological polar surface area (TPSA) is 84.1 Å². The first-order valence-electron chi connectivity index (χ1n) is 11.3. The number of aromatic nitrogens is 2. The number of pyridine rings is 2. The molecule has 3 aromatic rings. The van der Waals surface area contributed by atoms with Crippen LogP contribution in [0.2, 0.25) is 0 Å². The molecule has 1 unspecified atom stereocenters. The Bertz CT molecular complexity index is 1120. The maximum Gasteiger partial charge on any atom is 0.247 e. The van der Waals surface area contributed by atoms with Crippen molar-refractivity contribution >= 4 is 12.2 Å². The second kappa shape index (κ2) is 11.5. The van der Waals surface area contributed by atoms with Crippen LogP contribution in [-0.2, 0) is 4.79 Å². The average Bonchev–Trinajstić information content (AvgIpc) is 3.54. The SMILES string of the molecule is CCCC(CC1(C)CC1)c1ccc(=O)[nH]c1.O=CNc1ccc(Oc2ccc(F)cc2F)cn1. The molecular formula is C26H29F2N3O3. The number of nitrogens with one attached hydrogen (secondary N) is 2. The van der Waals surface area contributed by atoms with Crippen molar-refractivity contribution in [3.8, 4) is 11.5 Å². The van der Waals surface area contributed by atoms with E-state index < -0.39 is 11.6 Å². The van der Waals surface area contributed by atoms with Gasteiger partial charge in [-0.2, -0.15) is 0 Å². The number of carbonyl (C=O) groups excluding carboxylic acids is 1. The molecule has 1 amide bonds. The largest absolute Gasteiger partial charge is 0.453 e. The molecule has 1 aromatic carbocycles. The summed E-state index contributed by atoms with van der Waals surface area (Å²) in [4.78, 5) is 27.8. The second-order valence-electron chi connectivity index (χ2n) is 8.80. The smallest absolute Gasteiger partial charge is 0.247 e. The maximum absolute atomic E-state index is 13.3. The number of nitrogens with zero attached hydrogens (tertiary/aromatic N) is 1. The number of benzene rings is 1. The Morgan fingerprint density at radius 1 is 1.21 bits per heavy atom. The molecule has 1 fully saturated rings. The molecule has 2 N–H and O–H groups in total. The van der Waals surface area contributed by atoms with Gasteiger partial charge < -0.3 is 15.0 Å². The summed E-state index contributed by atoms with van der Waals surface area (Å²) < 4.78 is 31.1. The average molecular weight is 470 g/mol. The molecule has 0 aliphatic heterocycles. The van der Waals surface area contributed by atoms with Crippen molar-refractivity contribution in [1.29, 1.82) is 0 Å². The van der Waals surface area contributed by atoms with Crippen LogP contribution in [0.4, 0.5) is 14.6 Å². The van der Waals surface area contributed by atoms with Crippen LogP contribution in [0.1, 0.15) is 57.4 Å². The van der Waals surface area contributed by atoms with Gasteiger partial charge in [0.1, 0.15) is 17.4 Å². The molecule has 0 radical (unpaired) electrons.